The van der Waals surface area contributed by atoms with Gasteiger partial charge in [0.05, 0.1) is 0 Å². The van der Waals surface area contributed by atoms with Gasteiger partial charge in [-0.1, -0.05) is 0 Å². The van der Waals surface area contributed by atoms with Crippen molar-refractivity contribution in [2.45, 2.75) is 32.4 Å². The summed E-state index contributed by atoms with van der Waals surface area (Å²) in [4.78, 5) is 22.7. The van der Waals surface area contributed by atoms with Crippen LogP contribution >= 0.6 is 11.3 Å². The first-order valence-electron chi connectivity index (χ1n) is 5.15. The molecule has 5 nitrogen and oxygen atoms in total. The van der Waals surface area contributed by atoms with Crippen LogP contribution in [0.3, 0.4) is 0 Å². The van der Waals surface area contributed by atoms with Crippen molar-refractivity contribution in [3.63, 3.8) is 0 Å². The Hall–Kier alpha value is -1.40. The molecule has 1 rings (SSSR count). The highest BCUT2D eigenvalue weighted by Gasteiger charge is 2.20. The van der Waals surface area contributed by atoms with Crippen molar-refractivity contribution >= 4 is 23.2 Å². The molecule has 0 aromatic carbocycles. The number of carbonyl (C=O) groups is 2. The molecule has 6 heteroatoms. The van der Waals surface area contributed by atoms with E-state index in [1.807, 2.05) is 13.8 Å². The topological polar surface area (TPSA) is 92.4 Å². The van der Waals surface area contributed by atoms with Gasteiger partial charge in [0, 0.05) is 23.4 Å². The molecule has 0 spiro atoms. The van der Waals surface area contributed by atoms with Gasteiger partial charge in [-0.2, -0.15) is 0 Å². The van der Waals surface area contributed by atoms with Gasteiger partial charge in [0.25, 0.3) is 0 Å². The molecule has 0 saturated heterocycles. The first-order chi connectivity index (χ1) is 7.80. The van der Waals surface area contributed by atoms with Gasteiger partial charge >= 0.3 is 5.97 Å². The molecule has 1 aromatic rings. The standard InChI is InChI=1S/C11H16N2O3S/c1-11(2,5-9(12)14)13-6-7-3-4-8(17-7)10(15)16/h3-4,13H,5-6H2,1-2H3,(H2,12,14)(H,15,16). The molecule has 4 N–H and O–H groups in total. The fourth-order valence-corrected chi connectivity index (χ4v) is 2.20. The van der Waals surface area contributed by atoms with Gasteiger partial charge < -0.3 is 16.2 Å². The number of carbonyl (C=O) groups excluding carboxylic acids is 1. The van der Waals surface area contributed by atoms with E-state index in [-0.39, 0.29) is 17.9 Å². The lowest BCUT2D eigenvalue weighted by atomic mass is 10.0. The van der Waals surface area contributed by atoms with Crippen LogP contribution in [-0.4, -0.2) is 22.5 Å². The number of hydrogen-bond donors (Lipinski definition) is 3. The molecule has 1 aromatic heterocycles. The second-order valence-corrected chi connectivity index (χ2v) is 5.62. The summed E-state index contributed by atoms with van der Waals surface area (Å²) >= 11 is 1.22. The van der Waals surface area contributed by atoms with Gasteiger partial charge in [0.2, 0.25) is 5.91 Å². The quantitative estimate of drug-likeness (QED) is 0.712. The molecule has 0 aliphatic carbocycles. The van der Waals surface area contributed by atoms with Crippen molar-refractivity contribution in [3.8, 4) is 0 Å². The number of aromatic carboxylic acids is 1. The summed E-state index contributed by atoms with van der Waals surface area (Å²) in [6.45, 7) is 4.28. The number of carboxylic acid groups (broad SMARTS) is 1. The fourth-order valence-electron chi connectivity index (χ4n) is 1.41. The number of amides is 1. The minimum atomic E-state index is -0.919. The van der Waals surface area contributed by atoms with Crippen LogP contribution < -0.4 is 11.1 Å². The fraction of sp³-hybridized carbons (Fsp3) is 0.455. The Labute approximate surface area is 104 Å². The Bertz CT molecular complexity index is 426. The largest absolute Gasteiger partial charge is 0.477 e. The molecule has 0 fully saturated rings. The molecular formula is C11H16N2O3S. The molecule has 0 bridgehead atoms. The number of rotatable bonds is 6. The SMILES string of the molecule is CC(C)(CC(N)=O)NCc1ccc(C(=O)O)s1. The Balaban J connectivity index is 2.54. The van der Waals surface area contributed by atoms with Crippen LogP contribution in [0.1, 0.15) is 34.8 Å². The monoisotopic (exact) mass is 256 g/mol. The molecular weight excluding hydrogens is 240 g/mol. The first kappa shape index (κ1) is 13.7. The summed E-state index contributed by atoms with van der Waals surface area (Å²) in [7, 11) is 0. The van der Waals surface area contributed by atoms with E-state index >= 15 is 0 Å². The van der Waals surface area contributed by atoms with E-state index in [9.17, 15) is 9.59 Å². The van der Waals surface area contributed by atoms with Crippen LogP contribution in [0.2, 0.25) is 0 Å². The van der Waals surface area contributed by atoms with Crippen molar-refractivity contribution in [2.24, 2.45) is 5.73 Å². The Morgan fingerprint density at radius 3 is 2.59 bits per heavy atom. The Kier molecular flexibility index (Phi) is 4.25. The van der Waals surface area contributed by atoms with E-state index in [2.05, 4.69) is 5.32 Å². The molecule has 0 atom stereocenters. The third kappa shape index (κ3) is 4.54. The number of nitrogens with one attached hydrogen (secondary N) is 1. The average Bonchev–Trinajstić information content (AvgIpc) is 2.61. The van der Waals surface area contributed by atoms with E-state index in [0.29, 0.717) is 11.4 Å². The van der Waals surface area contributed by atoms with Gasteiger partial charge in [0.15, 0.2) is 0 Å². The molecule has 1 amide bonds. The lowest BCUT2D eigenvalue weighted by Crippen LogP contribution is -2.42. The zero-order valence-electron chi connectivity index (χ0n) is 9.82. The summed E-state index contributed by atoms with van der Waals surface area (Å²) in [5.41, 5.74) is 4.75. The minimum Gasteiger partial charge on any atom is -0.477 e. The number of thiophene rings is 1. The number of hydrogen-bond acceptors (Lipinski definition) is 4. The summed E-state index contributed by atoms with van der Waals surface area (Å²) in [5.74, 6) is -1.28. The van der Waals surface area contributed by atoms with Gasteiger partial charge in [-0.05, 0) is 26.0 Å². The predicted octanol–water partition coefficient (Wildman–Crippen LogP) is 1.19. The third-order valence-electron chi connectivity index (χ3n) is 2.23. The van der Waals surface area contributed by atoms with Crippen LogP contribution in [0.25, 0.3) is 0 Å². The predicted molar refractivity (Wildman–Crippen MR) is 66.0 cm³/mol. The van der Waals surface area contributed by atoms with E-state index in [0.717, 1.165) is 4.88 Å². The van der Waals surface area contributed by atoms with E-state index in [1.54, 1.807) is 12.1 Å². The van der Waals surface area contributed by atoms with Gasteiger partial charge in [-0.3, -0.25) is 4.79 Å². The Morgan fingerprint density at radius 2 is 2.12 bits per heavy atom. The normalized spacial score (nSPS) is 11.4. The van der Waals surface area contributed by atoms with Crippen LogP contribution in [-0.2, 0) is 11.3 Å². The molecule has 0 radical (unpaired) electrons. The zero-order chi connectivity index (χ0) is 13.1. The lowest BCUT2D eigenvalue weighted by molar-refractivity contribution is -0.119. The smallest absolute Gasteiger partial charge is 0.345 e. The maximum atomic E-state index is 10.8. The molecule has 0 saturated carbocycles. The van der Waals surface area contributed by atoms with Gasteiger partial charge in [-0.15, -0.1) is 11.3 Å². The van der Waals surface area contributed by atoms with Crippen LogP contribution in [0.4, 0.5) is 0 Å². The van der Waals surface area contributed by atoms with Crippen LogP contribution in [0.15, 0.2) is 12.1 Å². The average molecular weight is 256 g/mol. The van der Waals surface area contributed by atoms with Crippen molar-refractivity contribution in [3.05, 3.63) is 21.9 Å². The molecule has 0 aliphatic heterocycles. The van der Waals surface area contributed by atoms with E-state index in [4.69, 9.17) is 10.8 Å². The minimum absolute atomic E-state index is 0.240. The lowest BCUT2D eigenvalue weighted by Gasteiger charge is -2.24. The van der Waals surface area contributed by atoms with Gasteiger partial charge in [0.1, 0.15) is 4.88 Å². The van der Waals surface area contributed by atoms with Crippen LogP contribution in [0, 0.1) is 0 Å². The van der Waals surface area contributed by atoms with Crippen molar-refractivity contribution in [2.75, 3.05) is 0 Å². The second kappa shape index (κ2) is 5.29. The van der Waals surface area contributed by atoms with Crippen molar-refractivity contribution in [1.82, 2.24) is 5.32 Å². The summed E-state index contributed by atoms with van der Waals surface area (Å²) in [5, 5.41) is 11.9. The maximum Gasteiger partial charge on any atom is 0.345 e. The number of nitrogens with two attached hydrogens (primary N) is 1. The molecule has 94 valence electrons. The highest BCUT2D eigenvalue weighted by atomic mass is 32.1. The molecule has 0 aliphatic rings. The summed E-state index contributed by atoms with van der Waals surface area (Å²) < 4.78 is 0. The third-order valence-corrected chi connectivity index (χ3v) is 3.30. The van der Waals surface area contributed by atoms with Crippen molar-refractivity contribution in [1.29, 1.82) is 0 Å². The Morgan fingerprint density at radius 1 is 1.47 bits per heavy atom. The van der Waals surface area contributed by atoms with Crippen LogP contribution in [0.5, 0.6) is 0 Å². The first-order valence-corrected chi connectivity index (χ1v) is 5.97. The van der Waals surface area contributed by atoms with Crippen molar-refractivity contribution < 1.29 is 14.7 Å². The summed E-state index contributed by atoms with van der Waals surface area (Å²) in [6, 6.07) is 3.34. The second-order valence-electron chi connectivity index (χ2n) is 4.45. The van der Waals surface area contributed by atoms with E-state index in [1.165, 1.54) is 11.3 Å². The molecule has 0 unspecified atom stereocenters. The highest BCUT2D eigenvalue weighted by molar-refractivity contribution is 7.13. The van der Waals surface area contributed by atoms with Gasteiger partial charge in [-0.25, -0.2) is 4.79 Å². The number of carboxylic acids is 1. The van der Waals surface area contributed by atoms with E-state index < -0.39 is 5.97 Å². The molecule has 17 heavy (non-hydrogen) atoms. The highest BCUT2D eigenvalue weighted by Crippen LogP contribution is 2.17. The molecule has 1 heterocycles. The summed E-state index contributed by atoms with van der Waals surface area (Å²) in [6.07, 6.45) is 0.240. The zero-order valence-corrected chi connectivity index (χ0v) is 10.6. The maximum absolute atomic E-state index is 10.8. The number of primary amides is 1.